The van der Waals surface area contributed by atoms with Crippen molar-refractivity contribution in [2.24, 2.45) is 0 Å². The molecule has 1 aliphatic heterocycles. The summed E-state index contributed by atoms with van der Waals surface area (Å²) >= 11 is 0. The molecule has 2 rings (SSSR count). The van der Waals surface area contributed by atoms with E-state index in [2.05, 4.69) is 36.1 Å². The standard InChI is InChI=1S/C13H18N2O/c1-12-2-4-13(5-3-12)10-14-6-8-15(11-16)9-7-14/h2-5,11H,6-10H2,1H3. The van der Waals surface area contributed by atoms with Crippen molar-refractivity contribution in [2.45, 2.75) is 13.5 Å². The Morgan fingerprint density at radius 1 is 1.12 bits per heavy atom. The maximum absolute atomic E-state index is 10.6. The lowest BCUT2D eigenvalue weighted by Crippen LogP contribution is -2.45. The third-order valence-corrected chi connectivity index (χ3v) is 3.08. The van der Waals surface area contributed by atoms with Gasteiger partial charge in [0, 0.05) is 32.7 Å². The Labute approximate surface area is 96.7 Å². The van der Waals surface area contributed by atoms with E-state index in [1.807, 2.05) is 4.90 Å². The molecule has 0 atom stereocenters. The Hall–Kier alpha value is -1.35. The number of rotatable bonds is 3. The fourth-order valence-electron chi connectivity index (χ4n) is 1.98. The summed E-state index contributed by atoms with van der Waals surface area (Å²) in [6, 6.07) is 8.66. The van der Waals surface area contributed by atoms with Crippen LogP contribution < -0.4 is 0 Å². The molecule has 0 unspecified atom stereocenters. The summed E-state index contributed by atoms with van der Waals surface area (Å²) in [4.78, 5) is 14.8. The van der Waals surface area contributed by atoms with Crippen molar-refractivity contribution in [2.75, 3.05) is 26.2 Å². The summed E-state index contributed by atoms with van der Waals surface area (Å²) < 4.78 is 0. The van der Waals surface area contributed by atoms with Crippen LogP contribution >= 0.6 is 0 Å². The number of aryl methyl sites for hydroxylation is 1. The van der Waals surface area contributed by atoms with Crippen molar-refractivity contribution < 1.29 is 4.79 Å². The highest BCUT2D eigenvalue weighted by Crippen LogP contribution is 2.08. The highest BCUT2D eigenvalue weighted by molar-refractivity contribution is 5.47. The van der Waals surface area contributed by atoms with Crippen molar-refractivity contribution >= 4 is 6.41 Å². The molecule has 0 spiro atoms. The Bertz CT molecular complexity index is 339. The summed E-state index contributed by atoms with van der Waals surface area (Å²) in [7, 11) is 0. The van der Waals surface area contributed by atoms with Crippen LogP contribution in [0, 0.1) is 6.92 Å². The zero-order valence-electron chi connectivity index (χ0n) is 9.72. The zero-order chi connectivity index (χ0) is 11.4. The van der Waals surface area contributed by atoms with Gasteiger partial charge in [-0.15, -0.1) is 0 Å². The van der Waals surface area contributed by atoms with E-state index in [1.165, 1.54) is 11.1 Å². The predicted octanol–water partition coefficient (Wildman–Crippen LogP) is 1.27. The second kappa shape index (κ2) is 5.12. The molecular weight excluding hydrogens is 200 g/mol. The Kier molecular flexibility index (Phi) is 3.57. The SMILES string of the molecule is Cc1ccc(CN2CCN(C=O)CC2)cc1. The molecule has 86 valence electrons. The second-order valence-corrected chi connectivity index (χ2v) is 4.40. The highest BCUT2D eigenvalue weighted by Gasteiger charge is 2.14. The number of carbonyl (C=O) groups excluding carboxylic acids is 1. The normalized spacial score (nSPS) is 17.4. The summed E-state index contributed by atoms with van der Waals surface area (Å²) in [5.74, 6) is 0. The van der Waals surface area contributed by atoms with Gasteiger partial charge in [0.2, 0.25) is 6.41 Å². The second-order valence-electron chi connectivity index (χ2n) is 4.40. The average Bonchev–Trinajstić information content (AvgIpc) is 2.33. The third-order valence-electron chi connectivity index (χ3n) is 3.08. The number of nitrogens with zero attached hydrogens (tertiary/aromatic N) is 2. The smallest absolute Gasteiger partial charge is 0.209 e. The zero-order valence-corrected chi connectivity index (χ0v) is 9.72. The molecule has 0 aromatic heterocycles. The summed E-state index contributed by atoms with van der Waals surface area (Å²) in [6.07, 6.45) is 0.948. The summed E-state index contributed by atoms with van der Waals surface area (Å²) in [5, 5.41) is 0. The number of carbonyl (C=O) groups is 1. The Balaban J connectivity index is 1.86. The fourth-order valence-corrected chi connectivity index (χ4v) is 1.98. The van der Waals surface area contributed by atoms with Crippen molar-refractivity contribution in [3.63, 3.8) is 0 Å². The molecule has 3 nitrogen and oxygen atoms in total. The van der Waals surface area contributed by atoms with Gasteiger partial charge in [-0.05, 0) is 12.5 Å². The molecule has 1 saturated heterocycles. The number of amides is 1. The maximum Gasteiger partial charge on any atom is 0.209 e. The van der Waals surface area contributed by atoms with Crippen LogP contribution in [0.3, 0.4) is 0 Å². The molecule has 1 aromatic rings. The van der Waals surface area contributed by atoms with Crippen LogP contribution in [0.2, 0.25) is 0 Å². The topological polar surface area (TPSA) is 23.6 Å². The molecule has 1 heterocycles. The first-order valence-corrected chi connectivity index (χ1v) is 5.75. The van der Waals surface area contributed by atoms with E-state index in [0.29, 0.717) is 0 Å². The van der Waals surface area contributed by atoms with Crippen molar-refractivity contribution in [1.82, 2.24) is 9.80 Å². The first kappa shape index (κ1) is 11.1. The maximum atomic E-state index is 10.6. The molecule has 0 aliphatic carbocycles. The van der Waals surface area contributed by atoms with Gasteiger partial charge >= 0.3 is 0 Å². The molecular formula is C13H18N2O. The van der Waals surface area contributed by atoms with Crippen molar-refractivity contribution in [3.05, 3.63) is 35.4 Å². The molecule has 0 bridgehead atoms. The van der Waals surface area contributed by atoms with E-state index >= 15 is 0 Å². The van der Waals surface area contributed by atoms with Crippen LogP contribution in [-0.4, -0.2) is 42.4 Å². The lowest BCUT2D eigenvalue weighted by molar-refractivity contribution is -0.119. The predicted molar refractivity (Wildman–Crippen MR) is 64.1 cm³/mol. The summed E-state index contributed by atoms with van der Waals surface area (Å²) in [5.41, 5.74) is 2.65. The van der Waals surface area contributed by atoms with Crippen molar-refractivity contribution in [1.29, 1.82) is 0 Å². The molecule has 0 N–H and O–H groups in total. The fraction of sp³-hybridized carbons (Fsp3) is 0.462. The van der Waals surface area contributed by atoms with Gasteiger partial charge in [-0.1, -0.05) is 29.8 Å². The quantitative estimate of drug-likeness (QED) is 0.713. The van der Waals surface area contributed by atoms with Crippen molar-refractivity contribution in [3.8, 4) is 0 Å². The molecule has 1 fully saturated rings. The van der Waals surface area contributed by atoms with E-state index < -0.39 is 0 Å². The van der Waals surface area contributed by atoms with Crippen LogP contribution in [0.4, 0.5) is 0 Å². The molecule has 1 amide bonds. The molecule has 16 heavy (non-hydrogen) atoms. The van der Waals surface area contributed by atoms with Crippen LogP contribution in [0.5, 0.6) is 0 Å². The first-order chi connectivity index (χ1) is 7.78. The minimum absolute atomic E-state index is 0.857. The van der Waals surface area contributed by atoms with Gasteiger partial charge in [-0.2, -0.15) is 0 Å². The van der Waals surface area contributed by atoms with Crippen LogP contribution in [0.15, 0.2) is 24.3 Å². The Morgan fingerprint density at radius 3 is 2.31 bits per heavy atom. The number of benzene rings is 1. The minimum atomic E-state index is 0.857. The van der Waals surface area contributed by atoms with E-state index in [9.17, 15) is 4.79 Å². The minimum Gasteiger partial charge on any atom is -0.343 e. The largest absolute Gasteiger partial charge is 0.343 e. The van der Waals surface area contributed by atoms with Gasteiger partial charge in [0.1, 0.15) is 0 Å². The number of piperazine rings is 1. The number of hydrogen-bond acceptors (Lipinski definition) is 2. The molecule has 1 aliphatic rings. The summed E-state index contributed by atoms with van der Waals surface area (Å²) in [6.45, 7) is 6.77. The lowest BCUT2D eigenvalue weighted by atomic mass is 10.1. The van der Waals surface area contributed by atoms with E-state index in [4.69, 9.17) is 0 Å². The molecule has 3 heteroatoms. The average molecular weight is 218 g/mol. The van der Waals surface area contributed by atoms with E-state index in [1.54, 1.807) is 0 Å². The van der Waals surface area contributed by atoms with Gasteiger partial charge in [0.25, 0.3) is 0 Å². The lowest BCUT2D eigenvalue weighted by Gasteiger charge is -2.32. The van der Waals surface area contributed by atoms with Crippen LogP contribution in [0.1, 0.15) is 11.1 Å². The molecule has 1 aromatic carbocycles. The van der Waals surface area contributed by atoms with Gasteiger partial charge in [-0.3, -0.25) is 9.69 Å². The third kappa shape index (κ3) is 2.83. The number of hydrogen-bond donors (Lipinski definition) is 0. The van der Waals surface area contributed by atoms with Gasteiger partial charge in [0.05, 0.1) is 0 Å². The van der Waals surface area contributed by atoms with Gasteiger partial charge in [-0.25, -0.2) is 0 Å². The Morgan fingerprint density at radius 2 is 1.75 bits per heavy atom. The first-order valence-electron chi connectivity index (χ1n) is 5.75. The molecule has 0 saturated carbocycles. The van der Waals surface area contributed by atoms with Crippen LogP contribution in [-0.2, 0) is 11.3 Å². The van der Waals surface area contributed by atoms with Gasteiger partial charge < -0.3 is 4.90 Å². The molecule has 0 radical (unpaired) electrons. The van der Waals surface area contributed by atoms with E-state index in [0.717, 1.165) is 39.1 Å². The van der Waals surface area contributed by atoms with E-state index in [-0.39, 0.29) is 0 Å². The highest BCUT2D eigenvalue weighted by atomic mass is 16.1. The van der Waals surface area contributed by atoms with Crippen LogP contribution in [0.25, 0.3) is 0 Å². The monoisotopic (exact) mass is 218 g/mol. The van der Waals surface area contributed by atoms with Gasteiger partial charge in [0.15, 0.2) is 0 Å².